The van der Waals surface area contributed by atoms with E-state index in [1.807, 2.05) is 20.8 Å². The fourth-order valence-corrected chi connectivity index (χ4v) is 1.82. The Morgan fingerprint density at radius 1 is 1.32 bits per heavy atom. The Kier molecular flexibility index (Phi) is 3.14. The lowest BCUT2D eigenvalue weighted by Crippen LogP contribution is -2.17. The number of carbonyl (C=O) groups is 1. The van der Waals surface area contributed by atoms with Gasteiger partial charge in [-0.15, -0.1) is 0 Å². The molecule has 0 spiro atoms. The maximum absolute atomic E-state index is 13.3. The van der Waals surface area contributed by atoms with Gasteiger partial charge in [-0.05, 0) is 24.3 Å². The fourth-order valence-electron chi connectivity index (χ4n) is 1.82. The topological polar surface area (TPSA) is 55.1 Å². The molecular weight excluding hydrogens is 247 g/mol. The fraction of sp³-hybridized carbons (Fsp3) is 0.286. The van der Waals surface area contributed by atoms with Crippen LogP contribution in [0.5, 0.6) is 0 Å². The minimum absolute atomic E-state index is 0.0470. The molecule has 1 heterocycles. The maximum atomic E-state index is 13.3. The molecule has 2 rings (SSSR count). The Labute approximate surface area is 110 Å². The summed E-state index contributed by atoms with van der Waals surface area (Å²) >= 11 is 0. The molecule has 5 heteroatoms. The van der Waals surface area contributed by atoms with E-state index in [4.69, 9.17) is 5.11 Å². The standard InChI is InChI=1S/C14H15FN2O2/c1-14(2,3)12-8-11(13(18)19)16-17(12)10-6-4-5-9(15)7-10/h4-8H,1-3H3,(H,18,19). The second kappa shape index (κ2) is 4.50. The Balaban J connectivity index is 2.64. The normalized spacial score (nSPS) is 11.6. The predicted molar refractivity (Wildman–Crippen MR) is 69.2 cm³/mol. The minimum Gasteiger partial charge on any atom is -0.476 e. The second-order valence-electron chi connectivity index (χ2n) is 5.36. The van der Waals surface area contributed by atoms with E-state index in [1.54, 1.807) is 12.1 Å². The van der Waals surface area contributed by atoms with Gasteiger partial charge in [-0.2, -0.15) is 5.10 Å². The van der Waals surface area contributed by atoms with Gasteiger partial charge in [-0.3, -0.25) is 0 Å². The highest BCUT2D eigenvalue weighted by molar-refractivity contribution is 5.85. The van der Waals surface area contributed by atoms with Gasteiger partial charge in [0.15, 0.2) is 5.69 Å². The van der Waals surface area contributed by atoms with Crippen LogP contribution in [0, 0.1) is 5.82 Å². The van der Waals surface area contributed by atoms with Crippen LogP contribution in [0.25, 0.3) is 5.69 Å². The molecule has 0 radical (unpaired) electrons. The van der Waals surface area contributed by atoms with E-state index in [0.29, 0.717) is 5.69 Å². The molecule has 0 saturated heterocycles. The Morgan fingerprint density at radius 3 is 2.53 bits per heavy atom. The number of aromatic carboxylic acids is 1. The number of hydrogen-bond donors (Lipinski definition) is 1. The average Bonchev–Trinajstić information content (AvgIpc) is 2.73. The summed E-state index contributed by atoms with van der Waals surface area (Å²) in [6.45, 7) is 5.85. The zero-order chi connectivity index (χ0) is 14.2. The van der Waals surface area contributed by atoms with Crippen LogP contribution in [0.15, 0.2) is 30.3 Å². The second-order valence-corrected chi connectivity index (χ2v) is 5.36. The highest BCUT2D eigenvalue weighted by Gasteiger charge is 2.24. The number of halogens is 1. The average molecular weight is 262 g/mol. The van der Waals surface area contributed by atoms with Crippen molar-refractivity contribution >= 4 is 5.97 Å². The molecule has 0 unspecified atom stereocenters. The highest BCUT2D eigenvalue weighted by Crippen LogP contribution is 2.26. The van der Waals surface area contributed by atoms with Crippen LogP contribution in [-0.4, -0.2) is 20.9 Å². The number of hydrogen-bond acceptors (Lipinski definition) is 2. The first kappa shape index (κ1) is 13.3. The van der Waals surface area contributed by atoms with Crippen LogP contribution in [0.1, 0.15) is 37.0 Å². The summed E-state index contributed by atoms with van der Waals surface area (Å²) in [6.07, 6.45) is 0. The SMILES string of the molecule is CC(C)(C)c1cc(C(=O)O)nn1-c1cccc(F)c1. The van der Waals surface area contributed by atoms with E-state index < -0.39 is 5.97 Å². The highest BCUT2D eigenvalue weighted by atomic mass is 19.1. The number of benzene rings is 1. The molecule has 1 N–H and O–H groups in total. The number of carboxylic acid groups (broad SMARTS) is 1. The van der Waals surface area contributed by atoms with Crippen molar-refractivity contribution < 1.29 is 14.3 Å². The van der Waals surface area contributed by atoms with Gasteiger partial charge in [0, 0.05) is 5.41 Å². The molecule has 4 nitrogen and oxygen atoms in total. The predicted octanol–water partition coefficient (Wildman–Crippen LogP) is 3.01. The monoisotopic (exact) mass is 262 g/mol. The quantitative estimate of drug-likeness (QED) is 0.905. The Hall–Kier alpha value is -2.17. The number of rotatable bonds is 2. The molecule has 1 aromatic heterocycles. The van der Waals surface area contributed by atoms with E-state index in [9.17, 15) is 9.18 Å². The third kappa shape index (κ3) is 2.65. The Bertz CT molecular complexity index is 627. The zero-order valence-corrected chi connectivity index (χ0v) is 11.0. The van der Waals surface area contributed by atoms with Crippen LogP contribution >= 0.6 is 0 Å². The third-order valence-electron chi connectivity index (χ3n) is 2.75. The van der Waals surface area contributed by atoms with Crippen molar-refractivity contribution in [1.82, 2.24) is 9.78 Å². The van der Waals surface area contributed by atoms with E-state index >= 15 is 0 Å². The van der Waals surface area contributed by atoms with Crippen molar-refractivity contribution in [3.8, 4) is 5.69 Å². The van der Waals surface area contributed by atoms with Crippen molar-refractivity contribution in [2.75, 3.05) is 0 Å². The summed E-state index contributed by atoms with van der Waals surface area (Å²) in [7, 11) is 0. The summed E-state index contributed by atoms with van der Waals surface area (Å²) in [5.74, 6) is -1.48. The van der Waals surface area contributed by atoms with E-state index in [1.165, 1.54) is 22.9 Å². The van der Waals surface area contributed by atoms with E-state index in [-0.39, 0.29) is 16.9 Å². The smallest absolute Gasteiger partial charge is 0.356 e. The lowest BCUT2D eigenvalue weighted by molar-refractivity contribution is 0.0690. The van der Waals surface area contributed by atoms with Crippen molar-refractivity contribution in [2.45, 2.75) is 26.2 Å². The summed E-state index contributed by atoms with van der Waals surface area (Å²) in [6, 6.07) is 7.44. The van der Waals surface area contributed by atoms with Crippen LogP contribution < -0.4 is 0 Å². The Morgan fingerprint density at radius 2 is 2.00 bits per heavy atom. The first-order valence-electron chi connectivity index (χ1n) is 5.89. The molecule has 19 heavy (non-hydrogen) atoms. The first-order valence-corrected chi connectivity index (χ1v) is 5.89. The lowest BCUT2D eigenvalue weighted by Gasteiger charge is -2.20. The summed E-state index contributed by atoms with van der Waals surface area (Å²) in [5.41, 5.74) is 0.884. The molecule has 2 aromatic rings. The maximum Gasteiger partial charge on any atom is 0.356 e. The molecule has 100 valence electrons. The van der Waals surface area contributed by atoms with E-state index in [2.05, 4.69) is 5.10 Å². The van der Waals surface area contributed by atoms with Crippen molar-refractivity contribution in [3.63, 3.8) is 0 Å². The van der Waals surface area contributed by atoms with Crippen molar-refractivity contribution in [2.24, 2.45) is 0 Å². The van der Waals surface area contributed by atoms with Crippen LogP contribution in [-0.2, 0) is 5.41 Å². The van der Waals surface area contributed by atoms with Gasteiger partial charge < -0.3 is 5.11 Å². The van der Waals surface area contributed by atoms with Gasteiger partial charge in [0.1, 0.15) is 5.82 Å². The van der Waals surface area contributed by atoms with Gasteiger partial charge in [-0.1, -0.05) is 26.8 Å². The van der Waals surface area contributed by atoms with Gasteiger partial charge in [0.25, 0.3) is 0 Å². The molecule has 0 amide bonds. The molecule has 0 aliphatic rings. The summed E-state index contributed by atoms with van der Waals surface area (Å²) in [4.78, 5) is 11.0. The molecule has 0 fully saturated rings. The van der Waals surface area contributed by atoms with Crippen molar-refractivity contribution in [3.05, 3.63) is 47.5 Å². The third-order valence-corrected chi connectivity index (χ3v) is 2.75. The van der Waals surface area contributed by atoms with Gasteiger partial charge in [0.2, 0.25) is 0 Å². The number of aromatic nitrogens is 2. The van der Waals surface area contributed by atoms with Crippen LogP contribution in [0.4, 0.5) is 4.39 Å². The summed E-state index contributed by atoms with van der Waals surface area (Å²) in [5, 5.41) is 13.1. The lowest BCUT2D eigenvalue weighted by atomic mass is 9.91. The molecule has 0 atom stereocenters. The number of carboxylic acids is 1. The van der Waals surface area contributed by atoms with Crippen molar-refractivity contribution in [1.29, 1.82) is 0 Å². The van der Waals surface area contributed by atoms with Crippen LogP contribution in [0.2, 0.25) is 0 Å². The van der Waals surface area contributed by atoms with Gasteiger partial charge >= 0.3 is 5.97 Å². The molecule has 1 aromatic carbocycles. The van der Waals surface area contributed by atoms with E-state index in [0.717, 1.165) is 5.69 Å². The van der Waals surface area contributed by atoms with Crippen LogP contribution in [0.3, 0.4) is 0 Å². The molecule has 0 aliphatic heterocycles. The first-order chi connectivity index (χ1) is 8.79. The molecular formula is C14H15FN2O2. The minimum atomic E-state index is -1.10. The number of nitrogens with zero attached hydrogens (tertiary/aromatic N) is 2. The van der Waals surface area contributed by atoms with Gasteiger partial charge in [-0.25, -0.2) is 13.9 Å². The molecule has 0 bridgehead atoms. The molecule has 0 saturated carbocycles. The largest absolute Gasteiger partial charge is 0.476 e. The van der Waals surface area contributed by atoms with Gasteiger partial charge in [0.05, 0.1) is 11.4 Å². The molecule has 0 aliphatic carbocycles. The zero-order valence-electron chi connectivity index (χ0n) is 11.0. The summed E-state index contributed by atoms with van der Waals surface area (Å²) < 4.78 is 14.8.